The molecule has 0 amide bonds. The van der Waals surface area contributed by atoms with Crippen molar-refractivity contribution in [2.24, 2.45) is 5.16 Å². The van der Waals surface area contributed by atoms with E-state index in [2.05, 4.69) is 36.3 Å². The molecule has 0 heterocycles. The highest BCUT2D eigenvalue weighted by Gasteiger charge is 2.17. The number of oxime groups is 1. The minimum absolute atomic E-state index is 0.216. The third kappa shape index (κ3) is 4.19. The second-order valence-corrected chi connectivity index (χ2v) is 4.50. The normalized spacial score (nSPS) is 14.0. The molecule has 0 spiro atoms. The zero-order valence-corrected chi connectivity index (χ0v) is 10.9. The van der Waals surface area contributed by atoms with Crippen molar-refractivity contribution in [1.29, 1.82) is 0 Å². The Morgan fingerprint density at radius 3 is 2.41 bits per heavy atom. The van der Waals surface area contributed by atoms with Gasteiger partial charge in [-0.25, -0.2) is 0 Å². The number of nitrogens with zero attached hydrogens (tertiary/aromatic N) is 2. The van der Waals surface area contributed by atoms with E-state index in [1.54, 1.807) is 0 Å². The molecule has 1 aromatic carbocycles. The van der Waals surface area contributed by atoms with Crippen LogP contribution in [0.5, 0.6) is 0 Å². The molecule has 3 nitrogen and oxygen atoms in total. The molecule has 0 saturated carbocycles. The Morgan fingerprint density at radius 2 is 1.94 bits per heavy atom. The van der Waals surface area contributed by atoms with Gasteiger partial charge in [0.1, 0.15) is 0 Å². The summed E-state index contributed by atoms with van der Waals surface area (Å²) in [5.74, 6) is 0.216. The second-order valence-electron chi connectivity index (χ2n) is 4.50. The molecule has 0 radical (unpaired) electrons. The van der Waals surface area contributed by atoms with Crippen molar-refractivity contribution in [1.82, 2.24) is 4.90 Å². The maximum absolute atomic E-state index is 9.10. The molecule has 1 aromatic rings. The molecular weight excluding hydrogens is 212 g/mol. The Labute approximate surface area is 104 Å². The molecule has 0 fully saturated rings. The molecular formula is C14H22N2O. The molecule has 0 saturated heterocycles. The van der Waals surface area contributed by atoms with Crippen LogP contribution in [-0.4, -0.2) is 36.5 Å². The molecule has 1 rings (SSSR count). The summed E-state index contributed by atoms with van der Waals surface area (Å²) in [6.45, 7) is 3.01. The van der Waals surface area contributed by atoms with Gasteiger partial charge in [-0.3, -0.25) is 0 Å². The molecule has 17 heavy (non-hydrogen) atoms. The van der Waals surface area contributed by atoms with Crippen LogP contribution in [0.3, 0.4) is 0 Å². The smallest absolute Gasteiger partial charge is 0.0643 e. The van der Waals surface area contributed by atoms with Crippen LogP contribution in [0.15, 0.2) is 35.5 Å². The fraction of sp³-hybridized carbons (Fsp3) is 0.500. The third-order valence-corrected chi connectivity index (χ3v) is 2.96. The van der Waals surface area contributed by atoms with Gasteiger partial charge < -0.3 is 10.1 Å². The van der Waals surface area contributed by atoms with Crippen LogP contribution in [0, 0.1) is 0 Å². The Balaban J connectivity index is 2.86. The first kappa shape index (κ1) is 13.7. The zero-order valence-electron chi connectivity index (χ0n) is 10.9. The van der Waals surface area contributed by atoms with E-state index in [4.69, 9.17) is 5.21 Å². The van der Waals surface area contributed by atoms with Crippen LogP contribution in [0.1, 0.15) is 31.2 Å². The Morgan fingerprint density at radius 1 is 1.29 bits per heavy atom. The maximum Gasteiger partial charge on any atom is 0.0643 e. The summed E-state index contributed by atoms with van der Waals surface area (Å²) in [7, 11) is 4.12. The topological polar surface area (TPSA) is 35.8 Å². The first-order valence-electron chi connectivity index (χ1n) is 6.09. The van der Waals surface area contributed by atoms with E-state index in [1.807, 2.05) is 25.1 Å². The fourth-order valence-corrected chi connectivity index (χ4v) is 1.99. The largest absolute Gasteiger partial charge is 0.411 e. The van der Waals surface area contributed by atoms with Crippen molar-refractivity contribution in [3.63, 3.8) is 0 Å². The van der Waals surface area contributed by atoms with Crippen LogP contribution < -0.4 is 0 Å². The standard InChI is InChI=1S/C14H22N2O/c1-4-14(15-17)13(10-11-16(2)3)12-8-6-5-7-9-12/h5-9,13,17H,4,10-11H2,1-3H3. The molecule has 1 N–H and O–H groups in total. The predicted octanol–water partition coefficient (Wildman–Crippen LogP) is 2.96. The summed E-state index contributed by atoms with van der Waals surface area (Å²) in [6, 6.07) is 10.3. The van der Waals surface area contributed by atoms with Crippen LogP contribution in [0.2, 0.25) is 0 Å². The lowest BCUT2D eigenvalue weighted by Gasteiger charge is -2.20. The number of benzene rings is 1. The molecule has 94 valence electrons. The highest BCUT2D eigenvalue weighted by Crippen LogP contribution is 2.23. The lowest BCUT2D eigenvalue weighted by molar-refractivity contribution is 0.313. The lowest BCUT2D eigenvalue weighted by Crippen LogP contribution is -2.20. The zero-order chi connectivity index (χ0) is 12.7. The summed E-state index contributed by atoms with van der Waals surface area (Å²) in [6.07, 6.45) is 1.76. The Bertz CT molecular complexity index is 346. The van der Waals surface area contributed by atoms with E-state index in [9.17, 15) is 0 Å². The van der Waals surface area contributed by atoms with Gasteiger partial charge >= 0.3 is 0 Å². The Hall–Kier alpha value is -1.35. The Kier molecular flexibility index (Phi) is 5.70. The van der Waals surface area contributed by atoms with E-state index in [0.29, 0.717) is 0 Å². The summed E-state index contributed by atoms with van der Waals surface area (Å²) >= 11 is 0. The highest BCUT2D eigenvalue weighted by molar-refractivity contribution is 5.90. The summed E-state index contributed by atoms with van der Waals surface area (Å²) in [4.78, 5) is 2.15. The van der Waals surface area contributed by atoms with E-state index < -0.39 is 0 Å². The van der Waals surface area contributed by atoms with Gasteiger partial charge in [0.2, 0.25) is 0 Å². The van der Waals surface area contributed by atoms with Crippen LogP contribution in [0.4, 0.5) is 0 Å². The first-order chi connectivity index (χ1) is 8.19. The predicted molar refractivity (Wildman–Crippen MR) is 71.9 cm³/mol. The van der Waals surface area contributed by atoms with E-state index >= 15 is 0 Å². The fourth-order valence-electron chi connectivity index (χ4n) is 1.99. The third-order valence-electron chi connectivity index (χ3n) is 2.96. The van der Waals surface area contributed by atoms with Gasteiger partial charge in [-0.2, -0.15) is 0 Å². The van der Waals surface area contributed by atoms with Crippen LogP contribution >= 0.6 is 0 Å². The summed E-state index contributed by atoms with van der Waals surface area (Å²) in [5.41, 5.74) is 2.09. The van der Waals surface area contributed by atoms with Crippen LogP contribution in [-0.2, 0) is 0 Å². The van der Waals surface area contributed by atoms with E-state index in [1.165, 1.54) is 5.56 Å². The molecule has 0 aliphatic carbocycles. The average molecular weight is 234 g/mol. The molecule has 0 aromatic heterocycles. The minimum Gasteiger partial charge on any atom is -0.411 e. The number of hydrogen-bond donors (Lipinski definition) is 1. The number of rotatable bonds is 6. The molecule has 0 aliphatic heterocycles. The van der Waals surface area contributed by atoms with E-state index in [0.717, 1.165) is 25.1 Å². The first-order valence-corrected chi connectivity index (χ1v) is 6.09. The molecule has 0 bridgehead atoms. The molecule has 3 heteroatoms. The van der Waals surface area contributed by atoms with Gasteiger partial charge in [-0.1, -0.05) is 42.4 Å². The number of hydrogen-bond acceptors (Lipinski definition) is 3. The van der Waals surface area contributed by atoms with Crippen molar-refractivity contribution in [2.45, 2.75) is 25.7 Å². The van der Waals surface area contributed by atoms with E-state index in [-0.39, 0.29) is 5.92 Å². The monoisotopic (exact) mass is 234 g/mol. The molecule has 1 unspecified atom stereocenters. The molecule has 0 aliphatic rings. The lowest BCUT2D eigenvalue weighted by atomic mass is 9.89. The van der Waals surface area contributed by atoms with Crippen molar-refractivity contribution in [2.75, 3.05) is 20.6 Å². The van der Waals surface area contributed by atoms with Gasteiger partial charge in [-0.05, 0) is 39.0 Å². The average Bonchev–Trinajstić information content (AvgIpc) is 2.35. The van der Waals surface area contributed by atoms with Crippen molar-refractivity contribution < 1.29 is 5.21 Å². The minimum atomic E-state index is 0.216. The summed E-state index contributed by atoms with van der Waals surface area (Å²) < 4.78 is 0. The van der Waals surface area contributed by atoms with Gasteiger partial charge in [-0.15, -0.1) is 0 Å². The molecule has 1 atom stereocenters. The van der Waals surface area contributed by atoms with Gasteiger partial charge in [0, 0.05) is 5.92 Å². The van der Waals surface area contributed by atoms with Crippen molar-refractivity contribution in [3.8, 4) is 0 Å². The second kappa shape index (κ2) is 7.07. The maximum atomic E-state index is 9.10. The van der Waals surface area contributed by atoms with Crippen LogP contribution in [0.25, 0.3) is 0 Å². The van der Waals surface area contributed by atoms with Gasteiger partial charge in [0.15, 0.2) is 0 Å². The quantitative estimate of drug-likeness (QED) is 0.466. The van der Waals surface area contributed by atoms with Gasteiger partial charge in [0.05, 0.1) is 5.71 Å². The van der Waals surface area contributed by atoms with Crippen molar-refractivity contribution in [3.05, 3.63) is 35.9 Å². The SMILES string of the molecule is CCC(=NO)C(CCN(C)C)c1ccccc1. The van der Waals surface area contributed by atoms with Gasteiger partial charge in [0.25, 0.3) is 0 Å². The van der Waals surface area contributed by atoms with Crippen molar-refractivity contribution >= 4 is 5.71 Å². The summed E-state index contributed by atoms with van der Waals surface area (Å²) in [5, 5.41) is 12.6. The highest BCUT2D eigenvalue weighted by atomic mass is 16.4.